The topological polar surface area (TPSA) is 94.0 Å². The second-order valence-corrected chi connectivity index (χ2v) is 4.56. The Balaban J connectivity index is 2.26. The Labute approximate surface area is 101 Å². The van der Waals surface area contributed by atoms with Gasteiger partial charge in [-0.2, -0.15) is 0 Å². The molecule has 0 saturated heterocycles. The highest BCUT2D eigenvalue weighted by atomic mass is 16.1. The smallest absolute Gasteiger partial charge is 0.252 e. The molecular weight excluding hydrogens is 216 g/mol. The zero-order chi connectivity index (χ0) is 12.4. The average molecular weight is 234 g/mol. The third-order valence-corrected chi connectivity index (χ3v) is 3.30. The van der Waals surface area contributed by atoms with Gasteiger partial charge < -0.3 is 16.8 Å². The first kappa shape index (κ1) is 11.9. The molecule has 2 rings (SSSR count). The van der Waals surface area contributed by atoms with Gasteiger partial charge in [-0.15, -0.1) is 0 Å². The van der Waals surface area contributed by atoms with Crippen molar-refractivity contribution in [1.82, 2.24) is 4.98 Å². The summed E-state index contributed by atoms with van der Waals surface area (Å²) in [6, 6.07) is 2.08. The summed E-state index contributed by atoms with van der Waals surface area (Å²) in [5, 5.41) is 3.24. The first-order valence-electron chi connectivity index (χ1n) is 5.87. The Morgan fingerprint density at radius 2 is 2.29 bits per heavy atom. The molecule has 0 aromatic carbocycles. The lowest BCUT2D eigenvalue weighted by atomic mass is 10.1. The van der Waals surface area contributed by atoms with Crippen molar-refractivity contribution in [1.29, 1.82) is 0 Å². The summed E-state index contributed by atoms with van der Waals surface area (Å²) < 4.78 is 0. The van der Waals surface area contributed by atoms with E-state index >= 15 is 0 Å². The Bertz CT molecular complexity index is 433. The van der Waals surface area contributed by atoms with Crippen LogP contribution >= 0.6 is 0 Å². The van der Waals surface area contributed by atoms with E-state index in [9.17, 15) is 4.79 Å². The van der Waals surface area contributed by atoms with E-state index in [0.717, 1.165) is 24.8 Å². The number of anilines is 1. The summed E-state index contributed by atoms with van der Waals surface area (Å²) in [6.07, 6.45) is 4.80. The van der Waals surface area contributed by atoms with Crippen LogP contribution in [0.1, 0.15) is 35.2 Å². The number of aryl methyl sites for hydroxylation is 1. The van der Waals surface area contributed by atoms with E-state index in [2.05, 4.69) is 10.3 Å². The molecule has 1 aromatic heterocycles. The summed E-state index contributed by atoms with van der Waals surface area (Å²) in [5.41, 5.74) is 12.7. The van der Waals surface area contributed by atoms with Crippen molar-refractivity contribution in [3.8, 4) is 0 Å². The number of rotatable bonds is 3. The maximum Gasteiger partial charge on any atom is 0.252 e. The van der Waals surface area contributed by atoms with Gasteiger partial charge in [-0.25, -0.2) is 4.98 Å². The third-order valence-electron chi connectivity index (χ3n) is 3.30. The fourth-order valence-corrected chi connectivity index (χ4v) is 2.32. The van der Waals surface area contributed by atoms with E-state index in [-0.39, 0.29) is 12.1 Å². The number of aromatic nitrogens is 1. The lowest BCUT2D eigenvalue weighted by molar-refractivity contribution is 0.1000. The van der Waals surface area contributed by atoms with E-state index in [1.807, 2.05) is 6.92 Å². The first-order chi connectivity index (χ1) is 8.09. The molecule has 5 nitrogen and oxygen atoms in total. The molecule has 1 aromatic rings. The zero-order valence-corrected chi connectivity index (χ0v) is 9.94. The average Bonchev–Trinajstić information content (AvgIpc) is 2.64. The number of carbonyl (C=O) groups is 1. The number of carbonyl (C=O) groups excluding carboxylic acids is 1. The van der Waals surface area contributed by atoms with Gasteiger partial charge in [0.15, 0.2) is 0 Å². The van der Waals surface area contributed by atoms with Gasteiger partial charge in [-0.3, -0.25) is 4.79 Å². The van der Waals surface area contributed by atoms with E-state index < -0.39 is 5.91 Å². The molecular formula is C12H18N4O. The minimum atomic E-state index is -0.454. The van der Waals surface area contributed by atoms with Crippen molar-refractivity contribution in [2.24, 2.45) is 11.5 Å². The molecule has 1 fully saturated rings. The van der Waals surface area contributed by atoms with Gasteiger partial charge in [0, 0.05) is 18.3 Å². The van der Waals surface area contributed by atoms with E-state index in [1.165, 1.54) is 0 Å². The van der Waals surface area contributed by atoms with Crippen LogP contribution in [0.4, 0.5) is 5.82 Å². The zero-order valence-electron chi connectivity index (χ0n) is 9.94. The second kappa shape index (κ2) is 4.71. The standard InChI is InChI=1S/C12H18N4O/c1-7-5-6-15-12(10(7)11(14)17)16-9-4-2-3-8(9)13/h5-6,8-9H,2-4,13H2,1H3,(H2,14,17)(H,15,16). The van der Waals surface area contributed by atoms with Crippen LogP contribution in [0.15, 0.2) is 12.3 Å². The monoisotopic (exact) mass is 234 g/mol. The van der Waals surface area contributed by atoms with E-state index in [4.69, 9.17) is 11.5 Å². The molecule has 0 spiro atoms. The van der Waals surface area contributed by atoms with Crippen LogP contribution in [-0.2, 0) is 0 Å². The Morgan fingerprint density at radius 3 is 2.88 bits per heavy atom. The molecule has 1 amide bonds. The largest absolute Gasteiger partial charge is 0.365 e. The molecule has 0 aliphatic heterocycles. The van der Waals surface area contributed by atoms with Gasteiger partial charge in [-0.05, 0) is 37.8 Å². The summed E-state index contributed by atoms with van der Waals surface area (Å²) in [7, 11) is 0. The van der Waals surface area contributed by atoms with Crippen LogP contribution in [0, 0.1) is 6.92 Å². The molecule has 5 heteroatoms. The fourth-order valence-electron chi connectivity index (χ4n) is 2.32. The van der Waals surface area contributed by atoms with Crippen LogP contribution < -0.4 is 16.8 Å². The number of hydrogen-bond acceptors (Lipinski definition) is 4. The molecule has 92 valence electrons. The predicted octanol–water partition coefficient (Wildman–Crippen LogP) is 0.781. The molecule has 2 atom stereocenters. The van der Waals surface area contributed by atoms with E-state index in [0.29, 0.717) is 11.4 Å². The third kappa shape index (κ3) is 2.39. The van der Waals surface area contributed by atoms with Crippen LogP contribution in [0.2, 0.25) is 0 Å². The molecule has 5 N–H and O–H groups in total. The van der Waals surface area contributed by atoms with Crippen molar-refractivity contribution in [3.05, 3.63) is 23.4 Å². The molecule has 0 radical (unpaired) electrons. The molecule has 2 unspecified atom stereocenters. The summed E-state index contributed by atoms with van der Waals surface area (Å²) in [4.78, 5) is 15.6. The number of primary amides is 1. The predicted molar refractivity (Wildman–Crippen MR) is 66.7 cm³/mol. The van der Waals surface area contributed by atoms with Gasteiger partial charge in [0.25, 0.3) is 5.91 Å². The van der Waals surface area contributed by atoms with Gasteiger partial charge >= 0.3 is 0 Å². The fraction of sp³-hybridized carbons (Fsp3) is 0.500. The maximum absolute atomic E-state index is 11.4. The molecule has 1 aliphatic carbocycles. The Morgan fingerprint density at radius 1 is 1.53 bits per heavy atom. The van der Waals surface area contributed by atoms with Crippen LogP contribution in [-0.4, -0.2) is 23.0 Å². The highest BCUT2D eigenvalue weighted by Crippen LogP contribution is 2.23. The molecule has 1 heterocycles. The minimum absolute atomic E-state index is 0.123. The number of nitrogens with one attached hydrogen (secondary N) is 1. The van der Waals surface area contributed by atoms with E-state index in [1.54, 1.807) is 12.3 Å². The number of nitrogens with zero attached hydrogens (tertiary/aromatic N) is 1. The lowest BCUT2D eigenvalue weighted by Crippen LogP contribution is -2.36. The number of amides is 1. The molecule has 1 saturated carbocycles. The number of nitrogens with two attached hydrogens (primary N) is 2. The van der Waals surface area contributed by atoms with Crippen molar-refractivity contribution < 1.29 is 4.79 Å². The summed E-state index contributed by atoms with van der Waals surface area (Å²) in [6.45, 7) is 1.85. The Kier molecular flexibility index (Phi) is 3.28. The molecule has 0 bridgehead atoms. The van der Waals surface area contributed by atoms with Gasteiger partial charge in [0.2, 0.25) is 0 Å². The Hall–Kier alpha value is -1.62. The number of pyridine rings is 1. The van der Waals surface area contributed by atoms with Crippen LogP contribution in [0.25, 0.3) is 0 Å². The van der Waals surface area contributed by atoms with Crippen molar-refractivity contribution in [2.45, 2.75) is 38.3 Å². The summed E-state index contributed by atoms with van der Waals surface area (Å²) in [5.74, 6) is 0.101. The van der Waals surface area contributed by atoms with Gasteiger partial charge in [-0.1, -0.05) is 0 Å². The van der Waals surface area contributed by atoms with Crippen LogP contribution in [0.5, 0.6) is 0 Å². The highest BCUT2D eigenvalue weighted by Gasteiger charge is 2.25. The second-order valence-electron chi connectivity index (χ2n) is 4.56. The lowest BCUT2D eigenvalue weighted by Gasteiger charge is -2.19. The molecule has 17 heavy (non-hydrogen) atoms. The van der Waals surface area contributed by atoms with Crippen molar-refractivity contribution in [3.63, 3.8) is 0 Å². The maximum atomic E-state index is 11.4. The summed E-state index contributed by atoms with van der Waals surface area (Å²) >= 11 is 0. The SMILES string of the molecule is Cc1ccnc(NC2CCCC2N)c1C(N)=O. The normalized spacial score (nSPS) is 23.6. The van der Waals surface area contributed by atoms with Crippen molar-refractivity contribution in [2.75, 3.05) is 5.32 Å². The minimum Gasteiger partial charge on any atom is -0.365 e. The quantitative estimate of drug-likeness (QED) is 0.720. The first-order valence-corrected chi connectivity index (χ1v) is 5.87. The van der Waals surface area contributed by atoms with Crippen LogP contribution in [0.3, 0.4) is 0 Å². The van der Waals surface area contributed by atoms with Gasteiger partial charge in [0.1, 0.15) is 5.82 Å². The highest BCUT2D eigenvalue weighted by molar-refractivity contribution is 5.99. The molecule has 1 aliphatic rings. The van der Waals surface area contributed by atoms with Crippen molar-refractivity contribution >= 4 is 11.7 Å². The van der Waals surface area contributed by atoms with Gasteiger partial charge in [0.05, 0.1) is 5.56 Å². The number of hydrogen-bond donors (Lipinski definition) is 3.